The van der Waals surface area contributed by atoms with Crippen LogP contribution in [0.4, 0.5) is 0 Å². The number of likely N-dealkylation sites (N-methyl/N-ethyl adjacent to an activating group) is 1. The first kappa shape index (κ1) is 19.6. The van der Waals surface area contributed by atoms with Crippen molar-refractivity contribution in [1.82, 2.24) is 24.3 Å². The summed E-state index contributed by atoms with van der Waals surface area (Å²) in [6.07, 6.45) is 5.59. The van der Waals surface area contributed by atoms with Crippen LogP contribution in [0.1, 0.15) is 12.5 Å². The monoisotopic (exact) mass is 383 g/mol. The van der Waals surface area contributed by atoms with Crippen molar-refractivity contribution in [2.45, 2.75) is 13.5 Å². The predicted octanol–water partition coefficient (Wildman–Crippen LogP) is 1.55. The quantitative estimate of drug-likeness (QED) is 0.786. The average molecular weight is 384 g/mol. The molecule has 0 saturated carbocycles. The van der Waals surface area contributed by atoms with Crippen LogP contribution in [0.25, 0.3) is 5.69 Å². The summed E-state index contributed by atoms with van der Waals surface area (Å²) in [5, 5.41) is 9.91. The van der Waals surface area contributed by atoms with Crippen molar-refractivity contribution < 1.29 is 5.11 Å². The molecule has 2 atom stereocenters. The molecule has 0 radical (unpaired) electrons. The molecular formula is C22H33N5O. The van der Waals surface area contributed by atoms with E-state index in [-0.39, 0.29) is 0 Å². The summed E-state index contributed by atoms with van der Waals surface area (Å²) in [5.41, 5.74) is 2.47. The minimum Gasteiger partial charge on any atom is -0.396 e. The van der Waals surface area contributed by atoms with Gasteiger partial charge in [-0.1, -0.05) is 19.1 Å². The smallest absolute Gasteiger partial charge is 0.0991 e. The molecule has 2 aromatic rings. The van der Waals surface area contributed by atoms with Gasteiger partial charge in [-0.2, -0.15) is 0 Å². The average Bonchev–Trinajstić information content (AvgIpc) is 3.39. The highest BCUT2D eigenvalue weighted by atomic mass is 16.3. The molecule has 28 heavy (non-hydrogen) atoms. The summed E-state index contributed by atoms with van der Waals surface area (Å²) in [7, 11) is 0. The van der Waals surface area contributed by atoms with Crippen LogP contribution in [0.15, 0.2) is 43.0 Å². The van der Waals surface area contributed by atoms with Crippen LogP contribution >= 0.6 is 0 Å². The zero-order valence-corrected chi connectivity index (χ0v) is 17.0. The Kier molecular flexibility index (Phi) is 6.42. The largest absolute Gasteiger partial charge is 0.396 e. The molecule has 1 aromatic carbocycles. The molecule has 0 bridgehead atoms. The van der Waals surface area contributed by atoms with Crippen molar-refractivity contribution in [3.8, 4) is 5.69 Å². The van der Waals surface area contributed by atoms with Crippen LogP contribution in [0.5, 0.6) is 0 Å². The first-order valence-corrected chi connectivity index (χ1v) is 10.6. The molecule has 2 fully saturated rings. The third kappa shape index (κ3) is 4.63. The molecule has 152 valence electrons. The van der Waals surface area contributed by atoms with Crippen molar-refractivity contribution in [1.29, 1.82) is 0 Å². The van der Waals surface area contributed by atoms with E-state index in [1.165, 1.54) is 18.7 Å². The van der Waals surface area contributed by atoms with E-state index in [2.05, 4.69) is 50.9 Å². The number of hydrogen-bond donors (Lipinski definition) is 1. The van der Waals surface area contributed by atoms with Gasteiger partial charge in [0, 0.05) is 77.0 Å². The lowest BCUT2D eigenvalue weighted by Crippen LogP contribution is -2.48. The number of likely N-dealkylation sites (tertiary alicyclic amines) is 1. The van der Waals surface area contributed by atoms with E-state index in [1.807, 2.05) is 17.1 Å². The second-order valence-electron chi connectivity index (χ2n) is 8.27. The zero-order valence-electron chi connectivity index (χ0n) is 17.0. The Balaban J connectivity index is 1.31. The van der Waals surface area contributed by atoms with Crippen molar-refractivity contribution in [2.24, 2.45) is 11.8 Å². The van der Waals surface area contributed by atoms with E-state index in [0.717, 1.165) is 51.5 Å². The van der Waals surface area contributed by atoms with Crippen molar-refractivity contribution in [3.63, 3.8) is 0 Å². The van der Waals surface area contributed by atoms with Crippen LogP contribution < -0.4 is 0 Å². The number of hydrogen-bond acceptors (Lipinski definition) is 5. The second kappa shape index (κ2) is 9.18. The van der Waals surface area contributed by atoms with E-state index >= 15 is 0 Å². The molecule has 6 nitrogen and oxygen atoms in total. The number of aliphatic hydroxyl groups is 1. The highest BCUT2D eigenvalue weighted by Gasteiger charge is 2.33. The van der Waals surface area contributed by atoms with E-state index < -0.39 is 0 Å². The molecule has 0 spiro atoms. The topological polar surface area (TPSA) is 47.8 Å². The first-order chi connectivity index (χ1) is 13.7. The zero-order chi connectivity index (χ0) is 19.3. The number of benzene rings is 1. The lowest BCUT2D eigenvalue weighted by atomic mass is 9.96. The van der Waals surface area contributed by atoms with Gasteiger partial charge in [0.2, 0.25) is 0 Å². The summed E-state index contributed by atoms with van der Waals surface area (Å²) in [6.45, 7) is 12.6. The number of aliphatic hydroxyl groups excluding tert-OH is 1. The Bertz CT molecular complexity index is 709. The van der Waals surface area contributed by atoms with Gasteiger partial charge in [-0.15, -0.1) is 0 Å². The molecule has 2 aliphatic heterocycles. The van der Waals surface area contributed by atoms with Crippen LogP contribution in [-0.4, -0.2) is 88.3 Å². The molecule has 3 heterocycles. The Morgan fingerprint density at radius 2 is 1.68 bits per heavy atom. The van der Waals surface area contributed by atoms with Gasteiger partial charge in [0.1, 0.15) is 0 Å². The first-order valence-electron chi connectivity index (χ1n) is 10.6. The number of rotatable bonds is 7. The fourth-order valence-corrected chi connectivity index (χ4v) is 4.64. The fourth-order valence-electron chi connectivity index (χ4n) is 4.64. The van der Waals surface area contributed by atoms with Crippen LogP contribution in [0.3, 0.4) is 0 Å². The third-order valence-electron chi connectivity index (χ3n) is 6.44. The number of imidazole rings is 1. The Hall–Kier alpha value is -1.73. The van der Waals surface area contributed by atoms with Crippen molar-refractivity contribution >= 4 is 0 Å². The van der Waals surface area contributed by atoms with Gasteiger partial charge >= 0.3 is 0 Å². The maximum Gasteiger partial charge on any atom is 0.0991 e. The molecule has 0 amide bonds. The molecule has 4 rings (SSSR count). The van der Waals surface area contributed by atoms with Gasteiger partial charge in [-0.25, -0.2) is 4.98 Å². The van der Waals surface area contributed by atoms with Crippen LogP contribution in [-0.2, 0) is 6.54 Å². The standard InChI is InChI=1S/C22H33N5O/c1-2-24-9-11-25(12-10-24)14-20-15-26(16-21(20)17-28)13-19-3-5-22(6-4-19)27-8-7-23-18-27/h3-8,18,20-21,28H,2,9-17H2,1H3/t20-,21-/m1/s1. The maximum absolute atomic E-state index is 9.91. The van der Waals surface area contributed by atoms with Crippen LogP contribution in [0, 0.1) is 11.8 Å². The summed E-state index contributed by atoms with van der Waals surface area (Å²) in [5.74, 6) is 0.970. The second-order valence-corrected chi connectivity index (χ2v) is 8.27. The summed E-state index contributed by atoms with van der Waals surface area (Å²) < 4.78 is 2.02. The molecule has 1 aromatic heterocycles. The highest BCUT2D eigenvalue weighted by molar-refractivity contribution is 5.34. The third-order valence-corrected chi connectivity index (χ3v) is 6.44. The van der Waals surface area contributed by atoms with Gasteiger partial charge < -0.3 is 19.5 Å². The lowest BCUT2D eigenvalue weighted by Gasteiger charge is -2.36. The molecular weight excluding hydrogens is 350 g/mol. The summed E-state index contributed by atoms with van der Waals surface area (Å²) in [4.78, 5) is 11.7. The number of piperazine rings is 1. The molecule has 6 heteroatoms. The SMILES string of the molecule is CCN1CCN(C[C@@H]2CN(Cc3ccc(-n4ccnc4)cc3)C[C@@H]2CO)CC1. The minimum absolute atomic E-state index is 0.301. The molecule has 0 unspecified atom stereocenters. The Morgan fingerprint density at radius 1 is 0.964 bits per heavy atom. The van der Waals surface area contributed by atoms with Crippen molar-refractivity contribution in [2.75, 3.05) is 59.0 Å². The molecule has 2 aliphatic rings. The van der Waals surface area contributed by atoms with Crippen molar-refractivity contribution in [3.05, 3.63) is 48.5 Å². The minimum atomic E-state index is 0.301. The highest BCUT2D eigenvalue weighted by Crippen LogP contribution is 2.26. The molecule has 1 N–H and O–H groups in total. The van der Waals surface area contributed by atoms with E-state index in [4.69, 9.17) is 0 Å². The maximum atomic E-state index is 9.91. The Morgan fingerprint density at radius 3 is 2.32 bits per heavy atom. The number of nitrogens with zero attached hydrogens (tertiary/aromatic N) is 5. The van der Waals surface area contributed by atoms with Gasteiger partial charge in [0.05, 0.1) is 6.33 Å². The van der Waals surface area contributed by atoms with Gasteiger partial charge in [0.15, 0.2) is 0 Å². The lowest BCUT2D eigenvalue weighted by molar-refractivity contribution is 0.106. The van der Waals surface area contributed by atoms with Crippen LogP contribution in [0.2, 0.25) is 0 Å². The van der Waals surface area contributed by atoms with E-state index in [1.54, 1.807) is 6.20 Å². The normalized spacial score (nSPS) is 24.8. The van der Waals surface area contributed by atoms with E-state index in [9.17, 15) is 5.11 Å². The summed E-state index contributed by atoms with van der Waals surface area (Å²) >= 11 is 0. The summed E-state index contributed by atoms with van der Waals surface area (Å²) in [6, 6.07) is 8.73. The Labute approximate surface area is 168 Å². The van der Waals surface area contributed by atoms with Gasteiger partial charge in [-0.3, -0.25) is 4.90 Å². The molecule has 2 saturated heterocycles. The molecule has 0 aliphatic carbocycles. The van der Waals surface area contributed by atoms with Gasteiger partial charge in [0.25, 0.3) is 0 Å². The van der Waals surface area contributed by atoms with Gasteiger partial charge in [-0.05, 0) is 36.1 Å². The van der Waals surface area contributed by atoms with E-state index in [0.29, 0.717) is 18.4 Å². The predicted molar refractivity (Wildman–Crippen MR) is 111 cm³/mol. The number of aromatic nitrogens is 2. The fraction of sp³-hybridized carbons (Fsp3) is 0.591.